The first-order chi connectivity index (χ1) is 12.6. The number of nitrogens with one attached hydrogen (secondary N) is 1. The van der Waals surface area contributed by atoms with E-state index in [1.54, 1.807) is 0 Å². The molecule has 28 heavy (non-hydrogen) atoms. The van der Waals surface area contributed by atoms with Crippen LogP contribution in [0.4, 0.5) is 0 Å². The number of hydrogen-bond donors (Lipinski definition) is 1. The molecule has 0 bridgehead atoms. The molecule has 3 fully saturated rings. The molecule has 3 aliphatic heterocycles. The number of likely N-dealkylation sites (tertiary alicyclic amines) is 1. The highest BCUT2D eigenvalue weighted by molar-refractivity contribution is 5.94. The summed E-state index contributed by atoms with van der Waals surface area (Å²) in [5.74, 6) is 0.214. The van der Waals surface area contributed by atoms with E-state index in [0.717, 1.165) is 77.3 Å². The van der Waals surface area contributed by atoms with Crippen LogP contribution in [-0.4, -0.2) is 80.0 Å². The van der Waals surface area contributed by atoms with Gasteiger partial charge in [-0.2, -0.15) is 0 Å². The Morgan fingerprint density at radius 1 is 1.04 bits per heavy atom. The fraction of sp³-hybridized carbons (Fsp3) is 0.667. The molecule has 1 aromatic carbocycles. The molecule has 7 heteroatoms. The average molecular weight is 429 g/mol. The van der Waals surface area contributed by atoms with Gasteiger partial charge in [0.2, 0.25) is 0 Å². The van der Waals surface area contributed by atoms with Gasteiger partial charge < -0.3 is 15.1 Å². The molecule has 1 N–H and O–H groups in total. The molecular formula is C21H34Cl2N4O. The Labute approximate surface area is 181 Å². The van der Waals surface area contributed by atoms with E-state index in [1.165, 1.54) is 12.0 Å². The van der Waals surface area contributed by atoms with Gasteiger partial charge in [0.05, 0.1) is 0 Å². The zero-order valence-electron chi connectivity index (χ0n) is 16.9. The minimum Gasteiger partial charge on any atom is -0.339 e. The predicted molar refractivity (Wildman–Crippen MR) is 119 cm³/mol. The van der Waals surface area contributed by atoms with Gasteiger partial charge in [0, 0.05) is 57.9 Å². The van der Waals surface area contributed by atoms with E-state index >= 15 is 0 Å². The highest BCUT2D eigenvalue weighted by Crippen LogP contribution is 2.37. The lowest BCUT2D eigenvalue weighted by Crippen LogP contribution is -2.44. The van der Waals surface area contributed by atoms with Gasteiger partial charge in [-0.3, -0.25) is 9.69 Å². The van der Waals surface area contributed by atoms with Gasteiger partial charge in [0.15, 0.2) is 0 Å². The second-order valence-electron chi connectivity index (χ2n) is 8.50. The summed E-state index contributed by atoms with van der Waals surface area (Å²) in [6.45, 7) is 9.51. The standard InChI is InChI=1S/C21H32N4O.2ClH/c1-23-11-13-24(14-12-23)16-18-3-2-4-19(15-18)20(26)25-9-6-21(7-10-25)5-8-22-17-21;;/h2-4,15,22H,5-14,16-17H2,1H3;2*1H. The van der Waals surface area contributed by atoms with Crippen molar-refractivity contribution < 1.29 is 4.79 Å². The molecule has 0 aromatic heterocycles. The SMILES string of the molecule is CN1CCN(Cc2cccc(C(=O)N3CCC4(CCNC4)CC3)c2)CC1.Cl.Cl. The third-order valence-corrected chi connectivity index (χ3v) is 6.62. The third kappa shape index (κ3) is 5.39. The van der Waals surface area contributed by atoms with Crippen LogP contribution in [0.2, 0.25) is 0 Å². The molecule has 1 amide bonds. The van der Waals surface area contributed by atoms with Crippen LogP contribution in [0, 0.1) is 5.41 Å². The number of likely N-dealkylation sites (N-methyl/N-ethyl adjacent to an activating group) is 1. The molecule has 3 saturated heterocycles. The quantitative estimate of drug-likeness (QED) is 0.802. The van der Waals surface area contributed by atoms with Crippen LogP contribution < -0.4 is 5.32 Å². The summed E-state index contributed by atoms with van der Waals surface area (Å²) in [6.07, 6.45) is 3.56. The summed E-state index contributed by atoms with van der Waals surface area (Å²) < 4.78 is 0. The Kier molecular flexibility index (Phi) is 8.59. The molecule has 4 rings (SSSR count). The molecule has 3 heterocycles. The molecule has 3 aliphatic rings. The maximum Gasteiger partial charge on any atom is 0.253 e. The highest BCUT2D eigenvalue weighted by atomic mass is 35.5. The van der Waals surface area contributed by atoms with Crippen molar-refractivity contribution in [3.63, 3.8) is 0 Å². The number of hydrogen-bond acceptors (Lipinski definition) is 4. The van der Waals surface area contributed by atoms with Gasteiger partial charge in [-0.25, -0.2) is 0 Å². The summed E-state index contributed by atoms with van der Waals surface area (Å²) in [7, 11) is 2.18. The lowest BCUT2D eigenvalue weighted by atomic mass is 9.78. The lowest BCUT2D eigenvalue weighted by molar-refractivity contribution is 0.0607. The maximum absolute atomic E-state index is 13.0. The van der Waals surface area contributed by atoms with Crippen LogP contribution in [-0.2, 0) is 6.54 Å². The summed E-state index contributed by atoms with van der Waals surface area (Å²) in [5, 5.41) is 3.50. The van der Waals surface area contributed by atoms with E-state index in [4.69, 9.17) is 0 Å². The van der Waals surface area contributed by atoms with E-state index in [1.807, 2.05) is 12.1 Å². The largest absolute Gasteiger partial charge is 0.339 e. The number of halogens is 2. The van der Waals surface area contributed by atoms with Crippen LogP contribution >= 0.6 is 24.8 Å². The number of benzene rings is 1. The molecule has 0 aliphatic carbocycles. The number of carbonyl (C=O) groups excluding carboxylic acids is 1. The smallest absolute Gasteiger partial charge is 0.253 e. The van der Waals surface area contributed by atoms with Crippen molar-refractivity contribution in [2.45, 2.75) is 25.8 Å². The fourth-order valence-corrected chi connectivity index (χ4v) is 4.66. The van der Waals surface area contributed by atoms with Crippen molar-refractivity contribution in [2.75, 3.05) is 59.4 Å². The molecular weight excluding hydrogens is 395 g/mol. The number of amides is 1. The van der Waals surface area contributed by atoms with Gasteiger partial charge in [0.25, 0.3) is 5.91 Å². The van der Waals surface area contributed by atoms with Gasteiger partial charge >= 0.3 is 0 Å². The fourth-order valence-electron chi connectivity index (χ4n) is 4.66. The highest BCUT2D eigenvalue weighted by Gasteiger charge is 2.38. The van der Waals surface area contributed by atoms with Crippen LogP contribution in [0.1, 0.15) is 35.2 Å². The first-order valence-electron chi connectivity index (χ1n) is 10.1. The van der Waals surface area contributed by atoms with Crippen molar-refractivity contribution in [2.24, 2.45) is 5.41 Å². The zero-order chi connectivity index (χ0) is 18.0. The van der Waals surface area contributed by atoms with Crippen LogP contribution in [0.25, 0.3) is 0 Å². The molecule has 0 saturated carbocycles. The number of nitrogens with zero attached hydrogens (tertiary/aromatic N) is 3. The number of piperidine rings is 1. The second kappa shape index (κ2) is 10.3. The van der Waals surface area contributed by atoms with E-state index in [2.05, 4.69) is 39.2 Å². The summed E-state index contributed by atoms with van der Waals surface area (Å²) in [5.41, 5.74) is 2.58. The molecule has 0 unspecified atom stereocenters. The Morgan fingerprint density at radius 3 is 2.39 bits per heavy atom. The molecule has 1 aromatic rings. The summed E-state index contributed by atoms with van der Waals surface area (Å²) >= 11 is 0. The second-order valence-corrected chi connectivity index (χ2v) is 8.50. The number of carbonyl (C=O) groups is 1. The third-order valence-electron chi connectivity index (χ3n) is 6.62. The number of piperazine rings is 1. The predicted octanol–water partition coefficient (Wildman–Crippen LogP) is 2.49. The molecule has 158 valence electrons. The van der Waals surface area contributed by atoms with E-state index in [-0.39, 0.29) is 30.7 Å². The Morgan fingerprint density at radius 2 is 1.75 bits per heavy atom. The van der Waals surface area contributed by atoms with Crippen molar-refractivity contribution in [1.82, 2.24) is 20.0 Å². The first kappa shape index (κ1) is 23.4. The summed E-state index contributed by atoms with van der Waals surface area (Å²) in [4.78, 5) is 19.9. The monoisotopic (exact) mass is 428 g/mol. The van der Waals surface area contributed by atoms with E-state index < -0.39 is 0 Å². The van der Waals surface area contributed by atoms with Crippen molar-refractivity contribution >= 4 is 30.7 Å². The zero-order valence-corrected chi connectivity index (χ0v) is 18.5. The normalized spacial score (nSPS) is 22.5. The van der Waals surface area contributed by atoms with Gasteiger partial charge in [-0.1, -0.05) is 12.1 Å². The first-order valence-corrected chi connectivity index (χ1v) is 10.1. The Balaban J connectivity index is 0.00000140. The minimum absolute atomic E-state index is 0. The molecule has 0 atom stereocenters. The van der Waals surface area contributed by atoms with Crippen LogP contribution in [0.5, 0.6) is 0 Å². The Hall–Kier alpha value is -0.850. The van der Waals surface area contributed by atoms with Crippen LogP contribution in [0.15, 0.2) is 24.3 Å². The van der Waals surface area contributed by atoms with Gasteiger partial charge in [-0.05, 0) is 56.0 Å². The molecule has 0 radical (unpaired) electrons. The molecule has 1 spiro atoms. The van der Waals surface area contributed by atoms with Crippen molar-refractivity contribution in [1.29, 1.82) is 0 Å². The Bertz CT molecular complexity index is 633. The van der Waals surface area contributed by atoms with E-state index in [9.17, 15) is 4.79 Å². The lowest BCUT2D eigenvalue weighted by Gasteiger charge is -2.39. The van der Waals surface area contributed by atoms with Crippen molar-refractivity contribution in [3.8, 4) is 0 Å². The van der Waals surface area contributed by atoms with E-state index in [0.29, 0.717) is 5.41 Å². The minimum atomic E-state index is 0. The maximum atomic E-state index is 13.0. The average Bonchev–Trinajstić information content (AvgIpc) is 3.12. The van der Waals surface area contributed by atoms with Crippen molar-refractivity contribution in [3.05, 3.63) is 35.4 Å². The van der Waals surface area contributed by atoms with Crippen LogP contribution in [0.3, 0.4) is 0 Å². The summed E-state index contributed by atoms with van der Waals surface area (Å²) in [6, 6.07) is 8.30. The number of rotatable bonds is 3. The topological polar surface area (TPSA) is 38.8 Å². The van der Waals surface area contributed by atoms with Gasteiger partial charge in [0.1, 0.15) is 0 Å². The molecule has 5 nitrogen and oxygen atoms in total. The van der Waals surface area contributed by atoms with Gasteiger partial charge in [-0.15, -0.1) is 24.8 Å².